The molecule has 2 aliphatic rings. The number of hydrogen-bond acceptors (Lipinski definition) is 4. The van der Waals surface area contributed by atoms with Gasteiger partial charge in [-0.3, -0.25) is 9.69 Å². The van der Waals surface area contributed by atoms with E-state index in [-0.39, 0.29) is 17.9 Å². The zero-order valence-corrected chi connectivity index (χ0v) is 8.95. The molecule has 0 saturated carbocycles. The first-order valence-electron chi connectivity index (χ1n) is 5.59. The normalized spacial score (nSPS) is 33.1. The molecule has 0 aromatic rings. The van der Waals surface area contributed by atoms with Crippen LogP contribution in [0.15, 0.2) is 0 Å². The van der Waals surface area contributed by atoms with Gasteiger partial charge in [0.25, 0.3) is 0 Å². The van der Waals surface area contributed by atoms with Crippen molar-refractivity contribution in [3.05, 3.63) is 0 Å². The summed E-state index contributed by atoms with van der Waals surface area (Å²) in [7, 11) is 0. The lowest BCUT2D eigenvalue weighted by atomic mass is 10.1. The van der Waals surface area contributed by atoms with Crippen molar-refractivity contribution in [2.24, 2.45) is 11.7 Å². The summed E-state index contributed by atoms with van der Waals surface area (Å²) in [6, 6.07) is 0. The smallest absolute Gasteiger partial charge is 0.221 e. The molecule has 2 aliphatic heterocycles. The molecule has 2 saturated heterocycles. The molecule has 5 nitrogen and oxygen atoms in total. The van der Waals surface area contributed by atoms with Crippen molar-refractivity contribution in [1.29, 1.82) is 0 Å². The van der Waals surface area contributed by atoms with E-state index < -0.39 is 0 Å². The largest absolute Gasteiger partial charge is 0.374 e. The lowest BCUT2D eigenvalue weighted by molar-refractivity contribution is -0.121. The topological polar surface area (TPSA) is 67.6 Å². The standard InChI is InChI=1S/C10H19N3O2/c11-10(14)8-1-3-13(6-8)7-9-5-12-2-4-15-9/h8-9,12H,1-7H2,(H2,11,14). The second kappa shape index (κ2) is 4.92. The third kappa shape index (κ3) is 2.90. The molecule has 3 N–H and O–H groups in total. The third-order valence-corrected chi connectivity index (χ3v) is 3.14. The third-order valence-electron chi connectivity index (χ3n) is 3.14. The van der Waals surface area contributed by atoms with Gasteiger partial charge in [0.15, 0.2) is 0 Å². The maximum atomic E-state index is 11.0. The molecule has 2 atom stereocenters. The Kier molecular flexibility index (Phi) is 3.56. The van der Waals surface area contributed by atoms with Crippen LogP contribution in [0.3, 0.4) is 0 Å². The van der Waals surface area contributed by atoms with E-state index in [1.54, 1.807) is 0 Å². The number of primary amides is 1. The van der Waals surface area contributed by atoms with Crippen LogP contribution in [-0.2, 0) is 9.53 Å². The molecular formula is C10H19N3O2. The maximum Gasteiger partial charge on any atom is 0.221 e. The van der Waals surface area contributed by atoms with Gasteiger partial charge < -0.3 is 15.8 Å². The van der Waals surface area contributed by atoms with Crippen molar-refractivity contribution in [3.8, 4) is 0 Å². The van der Waals surface area contributed by atoms with Crippen molar-refractivity contribution in [2.45, 2.75) is 12.5 Å². The number of hydrogen-bond donors (Lipinski definition) is 2. The highest BCUT2D eigenvalue weighted by Gasteiger charge is 2.28. The fourth-order valence-electron chi connectivity index (χ4n) is 2.26. The van der Waals surface area contributed by atoms with Crippen LogP contribution in [0.2, 0.25) is 0 Å². The summed E-state index contributed by atoms with van der Waals surface area (Å²) in [5.41, 5.74) is 5.28. The fraction of sp³-hybridized carbons (Fsp3) is 0.900. The highest BCUT2D eigenvalue weighted by molar-refractivity contribution is 5.77. The van der Waals surface area contributed by atoms with Gasteiger partial charge in [-0.2, -0.15) is 0 Å². The Bertz CT molecular complexity index is 229. The Labute approximate surface area is 89.9 Å². The van der Waals surface area contributed by atoms with Crippen molar-refractivity contribution in [3.63, 3.8) is 0 Å². The van der Waals surface area contributed by atoms with Crippen LogP contribution in [0.5, 0.6) is 0 Å². The van der Waals surface area contributed by atoms with Crippen LogP contribution in [0.4, 0.5) is 0 Å². The molecule has 0 aliphatic carbocycles. The van der Waals surface area contributed by atoms with Gasteiger partial charge in [0.05, 0.1) is 18.6 Å². The van der Waals surface area contributed by atoms with Crippen molar-refractivity contribution < 1.29 is 9.53 Å². The van der Waals surface area contributed by atoms with Gasteiger partial charge in [0.1, 0.15) is 0 Å². The molecule has 2 fully saturated rings. The average molecular weight is 213 g/mol. The second-order valence-electron chi connectivity index (χ2n) is 4.34. The number of ether oxygens (including phenoxy) is 1. The van der Waals surface area contributed by atoms with Gasteiger partial charge in [-0.15, -0.1) is 0 Å². The SMILES string of the molecule is NC(=O)C1CCN(CC2CNCCO2)C1. The van der Waals surface area contributed by atoms with Gasteiger partial charge in [-0.25, -0.2) is 0 Å². The summed E-state index contributed by atoms with van der Waals surface area (Å²) in [6.07, 6.45) is 1.17. The predicted molar refractivity (Wildman–Crippen MR) is 56.4 cm³/mol. The molecule has 86 valence electrons. The van der Waals surface area contributed by atoms with E-state index in [0.717, 1.165) is 45.8 Å². The number of carbonyl (C=O) groups excluding carboxylic acids is 1. The Hall–Kier alpha value is -0.650. The van der Waals surface area contributed by atoms with Crippen molar-refractivity contribution in [1.82, 2.24) is 10.2 Å². The molecule has 15 heavy (non-hydrogen) atoms. The van der Waals surface area contributed by atoms with Gasteiger partial charge in [-0.1, -0.05) is 0 Å². The Morgan fingerprint density at radius 1 is 1.60 bits per heavy atom. The summed E-state index contributed by atoms with van der Waals surface area (Å²) < 4.78 is 5.62. The predicted octanol–water partition coefficient (Wildman–Crippen LogP) is -1.22. The Balaban J connectivity index is 1.74. The second-order valence-corrected chi connectivity index (χ2v) is 4.34. The van der Waals surface area contributed by atoms with Crippen molar-refractivity contribution in [2.75, 3.05) is 39.3 Å². The first kappa shape index (κ1) is 10.9. The molecule has 2 rings (SSSR count). The lowest BCUT2D eigenvalue weighted by Gasteiger charge is -2.27. The quantitative estimate of drug-likeness (QED) is 0.617. The number of amides is 1. The summed E-state index contributed by atoms with van der Waals surface area (Å²) >= 11 is 0. The summed E-state index contributed by atoms with van der Waals surface area (Å²) in [6.45, 7) is 5.33. The van der Waals surface area contributed by atoms with Gasteiger partial charge in [0.2, 0.25) is 5.91 Å². The number of carbonyl (C=O) groups is 1. The van der Waals surface area contributed by atoms with E-state index in [4.69, 9.17) is 10.5 Å². The minimum atomic E-state index is -0.166. The van der Waals surface area contributed by atoms with E-state index >= 15 is 0 Å². The monoisotopic (exact) mass is 213 g/mol. The molecule has 0 aromatic carbocycles. The molecule has 0 radical (unpaired) electrons. The van der Waals surface area contributed by atoms with E-state index in [2.05, 4.69) is 10.2 Å². The van der Waals surface area contributed by atoms with Crippen LogP contribution in [0.25, 0.3) is 0 Å². The summed E-state index contributed by atoms with van der Waals surface area (Å²) in [5, 5.41) is 3.30. The van der Waals surface area contributed by atoms with Gasteiger partial charge in [0, 0.05) is 26.2 Å². The molecule has 2 heterocycles. The molecule has 5 heteroatoms. The minimum Gasteiger partial charge on any atom is -0.374 e. The maximum absolute atomic E-state index is 11.0. The van der Waals surface area contributed by atoms with E-state index in [1.807, 2.05) is 0 Å². The average Bonchev–Trinajstić information content (AvgIpc) is 2.68. The van der Waals surface area contributed by atoms with Crippen LogP contribution >= 0.6 is 0 Å². The fourth-order valence-corrected chi connectivity index (χ4v) is 2.26. The van der Waals surface area contributed by atoms with Gasteiger partial charge >= 0.3 is 0 Å². The zero-order valence-electron chi connectivity index (χ0n) is 8.95. The van der Waals surface area contributed by atoms with Crippen LogP contribution in [-0.4, -0.2) is 56.2 Å². The number of nitrogens with one attached hydrogen (secondary N) is 1. The van der Waals surface area contributed by atoms with E-state index in [9.17, 15) is 4.79 Å². The van der Waals surface area contributed by atoms with Crippen LogP contribution in [0, 0.1) is 5.92 Å². The van der Waals surface area contributed by atoms with Gasteiger partial charge in [-0.05, 0) is 13.0 Å². The first-order valence-corrected chi connectivity index (χ1v) is 5.59. The number of rotatable bonds is 3. The Morgan fingerprint density at radius 3 is 3.07 bits per heavy atom. The highest BCUT2D eigenvalue weighted by atomic mass is 16.5. The number of nitrogens with two attached hydrogens (primary N) is 1. The first-order chi connectivity index (χ1) is 7.25. The number of morpholine rings is 1. The number of nitrogens with zero attached hydrogens (tertiary/aromatic N) is 1. The lowest BCUT2D eigenvalue weighted by Crippen LogP contribution is -2.45. The van der Waals surface area contributed by atoms with Crippen molar-refractivity contribution >= 4 is 5.91 Å². The molecule has 2 unspecified atom stereocenters. The van der Waals surface area contributed by atoms with E-state index in [0.29, 0.717) is 0 Å². The molecule has 1 amide bonds. The van der Waals surface area contributed by atoms with Crippen LogP contribution < -0.4 is 11.1 Å². The Morgan fingerprint density at radius 2 is 2.47 bits per heavy atom. The molecule has 0 bridgehead atoms. The molecule has 0 spiro atoms. The molecule has 0 aromatic heterocycles. The highest BCUT2D eigenvalue weighted by Crippen LogP contribution is 2.16. The zero-order chi connectivity index (χ0) is 10.7. The minimum absolute atomic E-state index is 0.0431. The summed E-state index contributed by atoms with van der Waals surface area (Å²) in [4.78, 5) is 13.3. The number of likely N-dealkylation sites (tertiary alicyclic amines) is 1. The molecular weight excluding hydrogens is 194 g/mol. The van der Waals surface area contributed by atoms with E-state index in [1.165, 1.54) is 0 Å². The summed E-state index contributed by atoms with van der Waals surface area (Å²) in [5.74, 6) is -0.123. The van der Waals surface area contributed by atoms with Crippen LogP contribution in [0.1, 0.15) is 6.42 Å².